The van der Waals surface area contributed by atoms with Crippen LogP contribution in [0.4, 0.5) is 0 Å². The predicted molar refractivity (Wildman–Crippen MR) is 106 cm³/mol. The number of hydrogen-bond donors (Lipinski definition) is 0. The maximum Gasteiger partial charge on any atom is 0.122 e. The van der Waals surface area contributed by atoms with E-state index in [1.54, 1.807) is 0 Å². The summed E-state index contributed by atoms with van der Waals surface area (Å²) >= 11 is 2.71. The van der Waals surface area contributed by atoms with E-state index < -0.39 is 0 Å². The van der Waals surface area contributed by atoms with Gasteiger partial charge in [-0.1, -0.05) is 74.0 Å². The number of rotatable bonds is 0. The molecule has 0 amide bonds. The molecule has 3 rings (SSSR count). The van der Waals surface area contributed by atoms with Gasteiger partial charge >= 0.3 is 0 Å². The molecule has 1 aliphatic heterocycles. The summed E-state index contributed by atoms with van der Waals surface area (Å²) in [5.41, 5.74) is 0. The van der Waals surface area contributed by atoms with Crippen molar-refractivity contribution in [2.45, 2.75) is 105 Å². The Balaban J connectivity index is 1.65. The molecule has 2 aliphatic carbocycles. The molecule has 1 nitrogen and oxygen atoms in total. The lowest BCUT2D eigenvalue weighted by Crippen LogP contribution is -2.26. The van der Waals surface area contributed by atoms with Gasteiger partial charge in [-0.15, -0.1) is 0 Å². The van der Waals surface area contributed by atoms with Gasteiger partial charge in [0, 0.05) is 0 Å². The summed E-state index contributed by atoms with van der Waals surface area (Å²) in [4.78, 5) is 0. The molecule has 0 spiro atoms. The smallest absolute Gasteiger partial charge is 0.122 e. The molecule has 1 saturated heterocycles. The second kappa shape index (κ2) is 8.22. The molecule has 0 bridgehead atoms. The number of ether oxygens (including phenoxy) is 1. The summed E-state index contributed by atoms with van der Waals surface area (Å²) in [7, 11) is 2.46. The second-order valence-corrected chi connectivity index (χ2v) is 11.0. The van der Waals surface area contributed by atoms with E-state index in [2.05, 4.69) is 30.4 Å². The molecular weight excluding hydrogens is 382 g/mol. The lowest BCUT2D eigenvalue weighted by Gasteiger charge is -2.29. The van der Waals surface area contributed by atoms with E-state index in [1.165, 1.54) is 89.9 Å². The Labute approximate surface area is 152 Å². The lowest BCUT2D eigenvalue weighted by molar-refractivity contribution is 0.0161. The van der Waals surface area contributed by atoms with Crippen LogP contribution in [-0.2, 0) is 4.74 Å². The fourth-order valence-electron chi connectivity index (χ4n) is 5.27. The first-order valence-corrected chi connectivity index (χ1v) is 11.1. The van der Waals surface area contributed by atoms with Crippen molar-refractivity contribution in [1.29, 1.82) is 0 Å². The topological polar surface area (TPSA) is 9.23 Å². The van der Waals surface area contributed by atoms with E-state index in [0.29, 0.717) is 15.5 Å². The Morgan fingerprint density at radius 3 is 1.91 bits per heavy atom. The fraction of sp³-hybridized carbons (Fsp3) is 1.00. The molecule has 0 radical (unpaired) electrons. The summed E-state index contributed by atoms with van der Waals surface area (Å²) in [6.07, 6.45) is 21.1. The van der Waals surface area contributed by atoms with Gasteiger partial charge < -0.3 is 4.74 Å². The molecule has 22 heavy (non-hydrogen) atoms. The molecule has 3 heteroatoms. The SMILES string of the molecule is BC1(I)CCCCC2C(CCC1)OC1CCCCCCCC12. The van der Waals surface area contributed by atoms with Crippen LogP contribution in [0.5, 0.6) is 0 Å². The number of halogens is 1. The first-order chi connectivity index (χ1) is 10.7. The standard InChI is InChI=1S/C19H34BIO/c20-19(21)13-7-6-10-16-15-9-4-2-1-3-5-11-17(15)22-18(16)12-8-14-19/h15-18H,1-14,20H2. The maximum atomic E-state index is 6.66. The fourth-order valence-corrected chi connectivity index (χ4v) is 6.03. The Hall–Kier alpha value is 0.755. The van der Waals surface area contributed by atoms with Gasteiger partial charge in [-0.25, -0.2) is 0 Å². The van der Waals surface area contributed by atoms with Crippen molar-refractivity contribution in [3.63, 3.8) is 0 Å². The summed E-state index contributed by atoms with van der Waals surface area (Å²) in [6.45, 7) is 0. The van der Waals surface area contributed by atoms with E-state index >= 15 is 0 Å². The third-order valence-electron chi connectivity index (χ3n) is 6.55. The predicted octanol–water partition coefficient (Wildman–Crippen LogP) is 5.24. The molecule has 126 valence electrons. The van der Waals surface area contributed by atoms with Gasteiger partial charge in [-0.05, 0) is 53.7 Å². The molecule has 0 aromatic carbocycles. The Kier molecular flexibility index (Phi) is 6.57. The quantitative estimate of drug-likeness (QED) is 0.298. The van der Waals surface area contributed by atoms with Crippen LogP contribution >= 0.6 is 22.6 Å². The zero-order chi connectivity index (χ0) is 15.4. The normalized spacial score (nSPS) is 45.0. The maximum absolute atomic E-state index is 6.66. The number of fused-ring (bicyclic) bond motifs is 3. The minimum absolute atomic E-state index is 0.531. The van der Waals surface area contributed by atoms with Crippen LogP contribution in [0.25, 0.3) is 0 Å². The molecule has 5 unspecified atom stereocenters. The zero-order valence-electron chi connectivity index (χ0n) is 14.5. The van der Waals surface area contributed by atoms with Crippen LogP contribution in [0.2, 0.25) is 0 Å². The van der Waals surface area contributed by atoms with Crippen molar-refractivity contribution in [1.82, 2.24) is 0 Å². The van der Waals surface area contributed by atoms with Crippen LogP contribution in [0, 0.1) is 11.8 Å². The molecule has 0 N–H and O–H groups in total. The van der Waals surface area contributed by atoms with Gasteiger partial charge in [0.1, 0.15) is 7.85 Å². The molecular formula is C19H34BIO. The number of hydrogen-bond acceptors (Lipinski definition) is 1. The summed E-state index contributed by atoms with van der Waals surface area (Å²) in [5, 5.41) is 0. The molecule has 2 saturated carbocycles. The third kappa shape index (κ3) is 4.65. The molecule has 3 aliphatic rings. The van der Waals surface area contributed by atoms with Crippen molar-refractivity contribution in [3.05, 3.63) is 0 Å². The van der Waals surface area contributed by atoms with Gasteiger partial charge in [0.05, 0.1) is 12.2 Å². The summed E-state index contributed by atoms with van der Waals surface area (Å²) < 4.78 is 7.19. The summed E-state index contributed by atoms with van der Waals surface area (Å²) in [6, 6.07) is 0. The van der Waals surface area contributed by atoms with Gasteiger partial charge in [0.15, 0.2) is 0 Å². The highest BCUT2D eigenvalue weighted by Crippen LogP contribution is 2.45. The van der Waals surface area contributed by atoms with Crippen LogP contribution in [-0.4, -0.2) is 23.4 Å². The van der Waals surface area contributed by atoms with Gasteiger partial charge in [-0.3, -0.25) is 0 Å². The van der Waals surface area contributed by atoms with Crippen molar-refractivity contribution < 1.29 is 4.74 Å². The van der Waals surface area contributed by atoms with Crippen molar-refractivity contribution >= 4 is 30.4 Å². The average molecular weight is 416 g/mol. The van der Waals surface area contributed by atoms with Crippen molar-refractivity contribution in [2.24, 2.45) is 11.8 Å². The lowest BCUT2D eigenvalue weighted by atomic mass is 9.74. The van der Waals surface area contributed by atoms with Crippen molar-refractivity contribution in [3.8, 4) is 0 Å². The van der Waals surface area contributed by atoms with Crippen LogP contribution in [0.1, 0.15) is 89.9 Å². The highest BCUT2D eigenvalue weighted by atomic mass is 127. The number of alkyl halides is 1. The molecule has 5 atom stereocenters. The van der Waals surface area contributed by atoms with Crippen LogP contribution in [0.3, 0.4) is 0 Å². The Morgan fingerprint density at radius 2 is 1.18 bits per heavy atom. The highest BCUT2D eigenvalue weighted by Gasteiger charge is 2.43. The molecule has 1 heterocycles. The van der Waals surface area contributed by atoms with Crippen LogP contribution in [0.15, 0.2) is 0 Å². The monoisotopic (exact) mass is 416 g/mol. The van der Waals surface area contributed by atoms with Crippen molar-refractivity contribution in [2.75, 3.05) is 0 Å². The van der Waals surface area contributed by atoms with E-state index in [1.807, 2.05) is 0 Å². The third-order valence-corrected chi connectivity index (χ3v) is 7.63. The Bertz CT molecular complexity index is 346. The summed E-state index contributed by atoms with van der Waals surface area (Å²) in [5.74, 6) is 1.79. The minimum atomic E-state index is 0.531. The van der Waals surface area contributed by atoms with E-state index in [-0.39, 0.29) is 0 Å². The first-order valence-electron chi connectivity index (χ1n) is 10.0. The van der Waals surface area contributed by atoms with E-state index in [9.17, 15) is 0 Å². The van der Waals surface area contributed by atoms with Crippen LogP contribution < -0.4 is 0 Å². The van der Waals surface area contributed by atoms with Gasteiger partial charge in [0.2, 0.25) is 0 Å². The minimum Gasteiger partial charge on any atom is -0.374 e. The highest BCUT2D eigenvalue weighted by molar-refractivity contribution is 14.1. The molecule has 3 fully saturated rings. The molecule has 0 aromatic rings. The largest absolute Gasteiger partial charge is 0.374 e. The first kappa shape index (κ1) is 17.6. The average Bonchev–Trinajstić information content (AvgIpc) is 2.84. The van der Waals surface area contributed by atoms with E-state index in [0.717, 1.165) is 11.8 Å². The zero-order valence-corrected chi connectivity index (χ0v) is 16.7. The van der Waals surface area contributed by atoms with E-state index in [4.69, 9.17) is 4.74 Å². The van der Waals surface area contributed by atoms with Gasteiger partial charge in [0.25, 0.3) is 0 Å². The Morgan fingerprint density at radius 1 is 0.682 bits per heavy atom. The molecule has 0 aromatic heterocycles. The second-order valence-electron chi connectivity index (χ2n) is 8.44. The van der Waals surface area contributed by atoms with Gasteiger partial charge in [-0.2, -0.15) is 0 Å².